The Kier molecular flexibility index (Phi) is 6.60. The second kappa shape index (κ2) is 9.32. The number of benzene rings is 2. The number of rotatable bonds is 6. The number of urea groups is 1. The quantitative estimate of drug-likeness (QED) is 0.775. The molecule has 148 valence electrons. The maximum atomic E-state index is 12.2. The second-order valence-corrected chi connectivity index (χ2v) is 6.75. The lowest BCUT2D eigenvalue weighted by molar-refractivity contribution is -0.116. The number of ether oxygens (including phenoxy) is 2. The lowest BCUT2D eigenvalue weighted by atomic mass is 10.2. The molecule has 0 unspecified atom stereocenters. The van der Waals surface area contributed by atoms with E-state index >= 15 is 0 Å². The van der Waals surface area contributed by atoms with E-state index in [9.17, 15) is 9.59 Å². The summed E-state index contributed by atoms with van der Waals surface area (Å²) in [4.78, 5) is 25.9. The molecule has 3 amide bonds. The van der Waals surface area contributed by atoms with E-state index in [0.717, 1.165) is 5.56 Å². The topological polar surface area (TPSA) is 79.9 Å². The van der Waals surface area contributed by atoms with Gasteiger partial charge in [-0.2, -0.15) is 0 Å². The van der Waals surface area contributed by atoms with Crippen molar-refractivity contribution in [3.05, 3.63) is 53.1 Å². The average molecular weight is 404 g/mol. The molecule has 7 nitrogen and oxygen atoms in total. The van der Waals surface area contributed by atoms with Gasteiger partial charge >= 0.3 is 6.03 Å². The molecular weight excluding hydrogens is 382 g/mol. The largest absolute Gasteiger partial charge is 0.486 e. The van der Waals surface area contributed by atoms with Gasteiger partial charge in [-0.25, -0.2) is 4.79 Å². The van der Waals surface area contributed by atoms with Crippen LogP contribution in [-0.2, 0) is 11.3 Å². The number of amides is 3. The van der Waals surface area contributed by atoms with Crippen LogP contribution in [-0.4, -0.2) is 43.6 Å². The van der Waals surface area contributed by atoms with Gasteiger partial charge in [0.1, 0.15) is 13.2 Å². The van der Waals surface area contributed by atoms with E-state index in [4.69, 9.17) is 21.1 Å². The molecule has 3 rings (SSSR count). The highest BCUT2D eigenvalue weighted by Gasteiger charge is 2.16. The molecule has 0 radical (unpaired) electrons. The highest BCUT2D eigenvalue weighted by molar-refractivity contribution is 6.34. The van der Waals surface area contributed by atoms with Gasteiger partial charge in [0.05, 0.1) is 10.7 Å². The van der Waals surface area contributed by atoms with Crippen molar-refractivity contribution in [3.63, 3.8) is 0 Å². The lowest BCUT2D eigenvalue weighted by Gasteiger charge is -2.20. The number of hydrogen-bond donors (Lipinski definition) is 2. The van der Waals surface area contributed by atoms with Gasteiger partial charge in [-0.15, -0.1) is 0 Å². The minimum atomic E-state index is -0.260. The van der Waals surface area contributed by atoms with E-state index in [1.165, 1.54) is 0 Å². The SMILES string of the molecule is CN(Cc1ccccc1)C(=O)NCCC(=O)Nc1cc2c(cc1Cl)OCCO2. The van der Waals surface area contributed by atoms with Gasteiger partial charge in [0.2, 0.25) is 5.91 Å². The molecule has 2 aromatic carbocycles. The number of carbonyl (C=O) groups excluding carboxylic acids is 2. The van der Waals surface area contributed by atoms with Gasteiger partial charge in [0.15, 0.2) is 11.5 Å². The first kappa shape index (κ1) is 19.8. The van der Waals surface area contributed by atoms with Gasteiger partial charge in [-0.3, -0.25) is 4.79 Å². The number of hydrogen-bond acceptors (Lipinski definition) is 4. The van der Waals surface area contributed by atoms with Crippen molar-refractivity contribution in [1.29, 1.82) is 0 Å². The zero-order valence-electron chi connectivity index (χ0n) is 15.5. The molecule has 8 heteroatoms. The van der Waals surface area contributed by atoms with Gasteiger partial charge < -0.3 is 25.0 Å². The Morgan fingerprint density at radius 3 is 2.50 bits per heavy atom. The molecule has 2 N–H and O–H groups in total. The molecule has 0 saturated carbocycles. The van der Waals surface area contributed by atoms with E-state index in [1.807, 2.05) is 30.3 Å². The van der Waals surface area contributed by atoms with Crippen molar-refractivity contribution in [2.45, 2.75) is 13.0 Å². The van der Waals surface area contributed by atoms with Crippen LogP contribution in [0.1, 0.15) is 12.0 Å². The van der Waals surface area contributed by atoms with Crippen molar-refractivity contribution in [2.24, 2.45) is 0 Å². The highest BCUT2D eigenvalue weighted by atomic mass is 35.5. The van der Waals surface area contributed by atoms with Gasteiger partial charge in [-0.1, -0.05) is 41.9 Å². The summed E-state index contributed by atoms with van der Waals surface area (Å²) in [6, 6.07) is 12.7. The summed E-state index contributed by atoms with van der Waals surface area (Å²) in [5.41, 5.74) is 1.48. The van der Waals surface area contributed by atoms with Crippen LogP contribution < -0.4 is 20.1 Å². The van der Waals surface area contributed by atoms with Crippen molar-refractivity contribution < 1.29 is 19.1 Å². The van der Waals surface area contributed by atoms with Crippen molar-refractivity contribution in [3.8, 4) is 11.5 Å². The van der Waals surface area contributed by atoms with Crippen molar-refractivity contribution >= 4 is 29.2 Å². The first-order chi connectivity index (χ1) is 13.5. The Bertz CT molecular complexity index is 845. The third-order valence-electron chi connectivity index (χ3n) is 4.14. The molecule has 2 aromatic rings. The summed E-state index contributed by atoms with van der Waals surface area (Å²) in [6.45, 7) is 1.62. The molecule has 0 saturated heterocycles. The van der Waals surface area contributed by atoms with Crippen LogP contribution in [0.3, 0.4) is 0 Å². The number of fused-ring (bicyclic) bond motifs is 1. The molecule has 0 aromatic heterocycles. The summed E-state index contributed by atoms with van der Waals surface area (Å²) >= 11 is 6.18. The zero-order chi connectivity index (χ0) is 19.9. The number of nitrogens with zero attached hydrogens (tertiary/aromatic N) is 1. The Balaban J connectivity index is 1.45. The Morgan fingerprint density at radius 1 is 1.11 bits per heavy atom. The third-order valence-corrected chi connectivity index (χ3v) is 4.46. The molecule has 28 heavy (non-hydrogen) atoms. The van der Waals surface area contributed by atoms with Crippen molar-refractivity contribution in [2.75, 3.05) is 32.1 Å². The Morgan fingerprint density at radius 2 is 1.79 bits per heavy atom. The Hall–Kier alpha value is -2.93. The monoisotopic (exact) mass is 403 g/mol. The smallest absolute Gasteiger partial charge is 0.317 e. The van der Waals surface area contributed by atoms with Crippen LogP contribution in [0.4, 0.5) is 10.5 Å². The summed E-state index contributed by atoms with van der Waals surface area (Å²) in [5.74, 6) is 0.842. The summed E-state index contributed by atoms with van der Waals surface area (Å²) in [6.07, 6.45) is 0.121. The van der Waals surface area contributed by atoms with E-state index < -0.39 is 0 Å². The van der Waals surface area contributed by atoms with E-state index in [2.05, 4.69) is 10.6 Å². The fourth-order valence-corrected chi connectivity index (χ4v) is 2.92. The molecule has 0 fully saturated rings. The van der Waals surface area contributed by atoms with Crippen LogP contribution in [0, 0.1) is 0 Å². The minimum absolute atomic E-state index is 0.121. The maximum absolute atomic E-state index is 12.2. The third kappa shape index (κ3) is 5.29. The normalized spacial score (nSPS) is 12.2. The van der Waals surface area contributed by atoms with Crippen LogP contribution in [0.15, 0.2) is 42.5 Å². The first-order valence-electron chi connectivity index (χ1n) is 8.95. The van der Waals surface area contributed by atoms with Gasteiger partial charge in [0, 0.05) is 38.7 Å². The highest BCUT2D eigenvalue weighted by Crippen LogP contribution is 2.37. The molecule has 1 aliphatic rings. The van der Waals surface area contributed by atoms with E-state index in [1.54, 1.807) is 24.1 Å². The minimum Gasteiger partial charge on any atom is -0.486 e. The predicted octanol–water partition coefficient (Wildman–Crippen LogP) is 3.28. The van der Waals surface area contributed by atoms with Crippen LogP contribution >= 0.6 is 11.6 Å². The van der Waals surface area contributed by atoms with Crippen LogP contribution in [0.5, 0.6) is 11.5 Å². The lowest BCUT2D eigenvalue weighted by Crippen LogP contribution is -2.38. The molecule has 0 aliphatic carbocycles. The molecule has 0 bridgehead atoms. The fourth-order valence-electron chi connectivity index (χ4n) is 2.72. The second-order valence-electron chi connectivity index (χ2n) is 6.35. The van der Waals surface area contributed by atoms with Crippen LogP contribution in [0.2, 0.25) is 5.02 Å². The molecule has 0 spiro atoms. The molecule has 1 heterocycles. The number of carbonyl (C=O) groups is 2. The summed E-state index contributed by atoms with van der Waals surface area (Å²) in [7, 11) is 1.71. The number of halogens is 1. The van der Waals surface area contributed by atoms with E-state index in [-0.39, 0.29) is 24.9 Å². The van der Waals surface area contributed by atoms with E-state index in [0.29, 0.717) is 42.0 Å². The molecule has 1 aliphatic heterocycles. The van der Waals surface area contributed by atoms with Crippen molar-refractivity contribution in [1.82, 2.24) is 10.2 Å². The predicted molar refractivity (Wildman–Crippen MR) is 107 cm³/mol. The Labute approximate surface area is 168 Å². The van der Waals surface area contributed by atoms with Gasteiger partial charge in [-0.05, 0) is 5.56 Å². The zero-order valence-corrected chi connectivity index (χ0v) is 16.3. The van der Waals surface area contributed by atoms with Gasteiger partial charge in [0.25, 0.3) is 0 Å². The number of nitrogens with one attached hydrogen (secondary N) is 2. The maximum Gasteiger partial charge on any atom is 0.317 e. The first-order valence-corrected chi connectivity index (χ1v) is 9.32. The number of anilines is 1. The molecular formula is C20H22ClN3O4. The standard InChI is InChI=1S/C20H22ClN3O4/c1-24(13-14-5-3-2-4-6-14)20(26)22-8-7-19(25)23-16-12-18-17(11-15(16)21)27-9-10-28-18/h2-6,11-12H,7-10,13H2,1H3,(H,22,26)(H,23,25). The fraction of sp³-hybridized carbons (Fsp3) is 0.300. The summed E-state index contributed by atoms with van der Waals surface area (Å²) in [5, 5.41) is 5.83. The molecule has 0 atom stereocenters. The summed E-state index contributed by atoms with van der Waals surface area (Å²) < 4.78 is 10.9. The van der Waals surface area contributed by atoms with Crippen LogP contribution in [0.25, 0.3) is 0 Å². The average Bonchev–Trinajstić information content (AvgIpc) is 2.69.